The zero-order valence-electron chi connectivity index (χ0n) is 13.4. The second kappa shape index (κ2) is 9.21. The van der Waals surface area contributed by atoms with E-state index in [0.29, 0.717) is 12.6 Å². The molecule has 22 heavy (non-hydrogen) atoms. The SMILES string of the molecule is C=CCOc1c(Br)cc(CNC2CCCCCC2)cc1OC. The van der Waals surface area contributed by atoms with Crippen LogP contribution in [0.5, 0.6) is 11.5 Å². The first kappa shape index (κ1) is 17.4. The van der Waals surface area contributed by atoms with Gasteiger partial charge in [0.05, 0.1) is 11.6 Å². The van der Waals surface area contributed by atoms with Crippen molar-refractivity contribution in [1.82, 2.24) is 5.32 Å². The lowest BCUT2D eigenvalue weighted by Crippen LogP contribution is -2.27. The molecule has 0 atom stereocenters. The van der Waals surface area contributed by atoms with E-state index in [1.165, 1.54) is 44.1 Å². The van der Waals surface area contributed by atoms with Crippen molar-refractivity contribution in [3.63, 3.8) is 0 Å². The molecule has 4 heteroatoms. The van der Waals surface area contributed by atoms with Gasteiger partial charge in [0.1, 0.15) is 6.61 Å². The number of halogens is 1. The van der Waals surface area contributed by atoms with E-state index in [4.69, 9.17) is 9.47 Å². The normalized spacial score (nSPS) is 16.1. The van der Waals surface area contributed by atoms with Crippen molar-refractivity contribution >= 4 is 15.9 Å². The van der Waals surface area contributed by atoms with Gasteiger partial charge in [-0.1, -0.05) is 38.3 Å². The minimum atomic E-state index is 0.467. The van der Waals surface area contributed by atoms with Crippen molar-refractivity contribution in [3.05, 3.63) is 34.8 Å². The van der Waals surface area contributed by atoms with E-state index in [1.807, 2.05) is 6.07 Å². The molecule has 2 rings (SSSR count). The molecule has 1 aliphatic rings. The third-order valence-electron chi connectivity index (χ3n) is 4.08. The fraction of sp³-hybridized carbons (Fsp3) is 0.556. The molecule has 0 amide bonds. The van der Waals surface area contributed by atoms with Gasteiger partial charge in [-0.05, 0) is 46.5 Å². The maximum atomic E-state index is 5.66. The second-order valence-electron chi connectivity index (χ2n) is 5.78. The van der Waals surface area contributed by atoms with Crippen LogP contribution >= 0.6 is 15.9 Å². The van der Waals surface area contributed by atoms with Gasteiger partial charge in [0.2, 0.25) is 0 Å². The minimum Gasteiger partial charge on any atom is -0.493 e. The van der Waals surface area contributed by atoms with Gasteiger partial charge in [0, 0.05) is 12.6 Å². The molecule has 1 aromatic rings. The number of nitrogens with one attached hydrogen (secondary N) is 1. The van der Waals surface area contributed by atoms with Crippen LogP contribution in [-0.2, 0) is 6.54 Å². The summed E-state index contributed by atoms with van der Waals surface area (Å²) < 4.78 is 12.0. The summed E-state index contributed by atoms with van der Waals surface area (Å²) in [5.74, 6) is 1.49. The molecule has 0 spiro atoms. The molecule has 1 aromatic carbocycles. The van der Waals surface area contributed by atoms with Crippen molar-refractivity contribution in [2.75, 3.05) is 13.7 Å². The number of benzene rings is 1. The van der Waals surface area contributed by atoms with E-state index in [9.17, 15) is 0 Å². The van der Waals surface area contributed by atoms with Crippen LogP contribution in [0.25, 0.3) is 0 Å². The van der Waals surface area contributed by atoms with Gasteiger partial charge >= 0.3 is 0 Å². The molecule has 1 saturated carbocycles. The van der Waals surface area contributed by atoms with Crippen LogP contribution in [-0.4, -0.2) is 19.8 Å². The second-order valence-corrected chi connectivity index (χ2v) is 6.63. The largest absolute Gasteiger partial charge is 0.493 e. The quantitative estimate of drug-likeness (QED) is 0.552. The van der Waals surface area contributed by atoms with E-state index in [2.05, 4.69) is 33.9 Å². The highest BCUT2D eigenvalue weighted by molar-refractivity contribution is 9.10. The first-order chi connectivity index (χ1) is 10.7. The van der Waals surface area contributed by atoms with Gasteiger partial charge in [-0.15, -0.1) is 0 Å². The molecule has 1 fully saturated rings. The third kappa shape index (κ3) is 5.03. The van der Waals surface area contributed by atoms with E-state index >= 15 is 0 Å². The maximum absolute atomic E-state index is 5.66. The first-order valence-corrected chi connectivity index (χ1v) is 8.87. The van der Waals surface area contributed by atoms with Crippen molar-refractivity contribution in [1.29, 1.82) is 0 Å². The Morgan fingerprint density at radius 3 is 2.64 bits per heavy atom. The van der Waals surface area contributed by atoms with Crippen LogP contribution in [0.4, 0.5) is 0 Å². The maximum Gasteiger partial charge on any atom is 0.175 e. The molecule has 1 aliphatic carbocycles. The summed E-state index contributed by atoms with van der Waals surface area (Å²) >= 11 is 3.58. The Labute approximate surface area is 142 Å². The van der Waals surface area contributed by atoms with E-state index < -0.39 is 0 Å². The molecule has 0 bridgehead atoms. The highest BCUT2D eigenvalue weighted by Crippen LogP contribution is 2.36. The summed E-state index contributed by atoms with van der Waals surface area (Å²) in [5.41, 5.74) is 1.21. The number of ether oxygens (including phenoxy) is 2. The van der Waals surface area contributed by atoms with Crippen LogP contribution in [0.1, 0.15) is 44.1 Å². The van der Waals surface area contributed by atoms with Crippen LogP contribution in [0.15, 0.2) is 29.3 Å². The fourth-order valence-electron chi connectivity index (χ4n) is 2.90. The molecular weight excluding hydrogens is 342 g/mol. The molecule has 0 heterocycles. The topological polar surface area (TPSA) is 30.5 Å². The molecule has 1 N–H and O–H groups in total. The van der Waals surface area contributed by atoms with E-state index in [1.54, 1.807) is 13.2 Å². The predicted molar refractivity (Wildman–Crippen MR) is 94.7 cm³/mol. The predicted octanol–water partition coefficient (Wildman–Crippen LogP) is 4.83. The molecule has 0 radical (unpaired) electrons. The lowest BCUT2D eigenvalue weighted by atomic mass is 10.1. The van der Waals surface area contributed by atoms with Crippen LogP contribution < -0.4 is 14.8 Å². The fourth-order valence-corrected chi connectivity index (χ4v) is 3.51. The average Bonchev–Trinajstić information content (AvgIpc) is 2.80. The van der Waals surface area contributed by atoms with E-state index in [0.717, 1.165) is 22.5 Å². The Bertz CT molecular complexity index is 482. The van der Waals surface area contributed by atoms with Gasteiger partial charge in [-0.25, -0.2) is 0 Å². The first-order valence-electron chi connectivity index (χ1n) is 8.08. The average molecular weight is 368 g/mol. The lowest BCUT2D eigenvalue weighted by Gasteiger charge is -2.18. The number of hydrogen-bond acceptors (Lipinski definition) is 3. The summed E-state index contributed by atoms with van der Waals surface area (Å²) in [6, 6.07) is 4.79. The lowest BCUT2D eigenvalue weighted by molar-refractivity contribution is 0.324. The Balaban J connectivity index is 2.01. The highest BCUT2D eigenvalue weighted by Gasteiger charge is 2.14. The summed E-state index contributed by atoms with van der Waals surface area (Å²) in [5, 5.41) is 3.69. The van der Waals surface area contributed by atoms with Crippen LogP contribution in [0, 0.1) is 0 Å². The number of rotatable bonds is 7. The molecule has 3 nitrogen and oxygen atoms in total. The Morgan fingerprint density at radius 2 is 2.00 bits per heavy atom. The Hall–Kier alpha value is -1.00. The summed E-state index contributed by atoms with van der Waals surface area (Å²) in [6.45, 7) is 5.01. The van der Waals surface area contributed by atoms with Gasteiger partial charge in [-0.2, -0.15) is 0 Å². The Kier molecular flexibility index (Phi) is 7.26. The van der Waals surface area contributed by atoms with Crippen molar-refractivity contribution in [2.45, 2.75) is 51.1 Å². The van der Waals surface area contributed by atoms with E-state index in [-0.39, 0.29) is 0 Å². The van der Waals surface area contributed by atoms with Crippen LogP contribution in [0.3, 0.4) is 0 Å². The highest BCUT2D eigenvalue weighted by atomic mass is 79.9. The smallest absolute Gasteiger partial charge is 0.175 e. The third-order valence-corrected chi connectivity index (χ3v) is 4.67. The van der Waals surface area contributed by atoms with Crippen molar-refractivity contribution in [3.8, 4) is 11.5 Å². The van der Waals surface area contributed by atoms with Gasteiger partial charge in [0.25, 0.3) is 0 Å². The summed E-state index contributed by atoms with van der Waals surface area (Å²) in [4.78, 5) is 0. The van der Waals surface area contributed by atoms with Gasteiger partial charge in [0.15, 0.2) is 11.5 Å². The molecule has 0 aliphatic heterocycles. The number of hydrogen-bond donors (Lipinski definition) is 1. The molecule has 0 unspecified atom stereocenters. The summed E-state index contributed by atoms with van der Waals surface area (Å²) in [6.07, 6.45) is 9.77. The molecule has 122 valence electrons. The zero-order chi connectivity index (χ0) is 15.8. The molecule has 0 saturated heterocycles. The Morgan fingerprint density at radius 1 is 1.27 bits per heavy atom. The van der Waals surface area contributed by atoms with Gasteiger partial charge < -0.3 is 14.8 Å². The summed E-state index contributed by atoms with van der Waals surface area (Å²) in [7, 11) is 1.67. The minimum absolute atomic E-state index is 0.467. The van der Waals surface area contributed by atoms with Crippen molar-refractivity contribution < 1.29 is 9.47 Å². The molecular formula is C18H26BrNO2. The monoisotopic (exact) mass is 367 g/mol. The number of methoxy groups -OCH3 is 1. The standard InChI is InChI=1S/C18H26BrNO2/c1-3-10-22-18-16(19)11-14(12-17(18)21-2)13-20-15-8-6-4-5-7-9-15/h3,11-12,15,20H,1,4-10,13H2,2H3. The van der Waals surface area contributed by atoms with Crippen LogP contribution in [0.2, 0.25) is 0 Å². The van der Waals surface area contributed by atoms with Crippen molar-refractivity contribution in [2.24, 2.45) is 0 Å². The molecule has 0 aromatic heterocycles. The zero-order valence-corrected chi connectivity index (χ0v) is 15.0. The van der Waals surface area contributed by atoms with Gasteiger partial charge in [-0.3, -0.25) is 0 Å².